The van der Waals surface area contributed by atoms with Gasteiger partial charge in [-0.1, -0.05) is 41.9 Å². The van der Waals surface area contributed by atoms with Gasteiger partial charge in [0.05, 0.1) is 13.2 Å². The predicted octanol–water partition coefficient (Wildman–Crippen LogP) is 3.74. The molecule has 4 heteroatoms. The molecule has 0 bridgehead atoms. The standard InChI is InChI=1S/C16H18ClNO2/c1-19-14-9-8-12(17)10-13(14)15(18)16(20-2)11-6-4-3-5-7-11/h3-10,15-16H,18H2,1-2H3. The highest BCUT2D eigenvalue weighted by Gasteiger charge is 2.24. The molecule has 0 fully saturated rings. The predicted molar refractivity (Wildman–Crippen MR) is 81.1 cm³/mol. The molecule has 0 amide bonds. The maximum atomic E-state index is 6.36. The molecule has 2 atom stereocenters. The zero-order chi connectivity index (χ0) is 14.5. The van der Waals surface area contributed by atoms with Crippen LogP contribution in [0.5, 0.6) is 5.75 Å². The first-order valence-corrected chi connectivity index (χ1v) is 6.72. The summed E-state index contributed by atoms with van der Waals surface area (Å²) in [6.45, 7) is 0. The number of rotatable bonds is 5. The summed E-state index contributed by atoms with van der Waals surface area (Å²) in [5.41, 5.74) is 8.21. The van der Waals surface area contributed by atoms with Crippen molar-refractivity contribution in [2.24, 2.45) is 5.73 Å². The van der Waals surface area contributed by atoms with Crippen LogP contribution in [0.1, 0.15) is 23.3 Å². The van der Waals surface area contributed by atoms with E-state index in [0.717, 1.165) is 11.1 Å². The van der Waals surface area contributed by atoms with E-state index < -0.39 is 0 Å². The molecule has 2 unspecified atom stereocenters. The summed E-state index contributed by atoms with van der Waals surface area (Å²) in [6, 6.07) is 14.9. The van der Waals surface area contributed by atoms with Crippen molar-refractivity contribution in [2.75, 3.05) is 14.2 Å². The van der Waals surface area contributed by atoms with E-state index >= 15 is 0 Å². The molecule has 106 valence electrons. The number of ether oxygens (including phenoxy) is 2. The first-order chi connectivity index (χ1) is 9.67. The van der Waals surface area contributed by atoms with Gasteiger partial charge in [0.15, 0.2) is 0 Å². The summed E-state index contributed by atoms with van der Waals surface area (Å²) in [7, 11) is 3.26. The third-order valence-corrected chi connectivity index (χ3v) is 3.49. The molecular formula is C16H18ClNO2. The molecule has 0 saturated heterocycles. The van der Waals surface area contributed by atoms with Crippen LogP contribution in [0.4, 0.5) is 0 Å². The minimum Gasteiger partial charge on any atom is -0.496 e. The van der Waals surface area contributed by atoms with Gasteiger partial charge in [-0.2, -0.15) is 0 Å². The zero-order valence-corrected chi connectivity index (χ0v) is 12.3. The summed E-state index contributed by atoms with van der Waals surface area (Å²) < 4.78 is 10.9. The topological polar surface area (TPSA) is 44.5 Å². The normalized spacial score (nSPS) is 13.8. The molecule has 0 spiro atoms. The van der Waals surface area contributed by atoms with Crippen molar-refractivity contribution in [1.29, 1.82) is 0 Å². The van der Waals surface area contributed by atoms with Gasteiger partial charge >= 0.3 is 0 Å². The van der Waals surface area contributed by atoms with E-state index in [4.69, 9.17) is 26.8 Å². The molecule has 3 nitrogen and oxygen atoms in total. The van der Waals surface area contributed by atoms with Crippen molar-refractivity contribution < 1.29 is 9.47 Å². The molecule has 0 aromatic heterocycles. The van der Waals surface area contributed by atoms with Gasteiger partial charge in [0.1, 0.15) is 11.9 Å². The Morgan fingerprint density at radius 2 is 1.75 bits per heavy atom. The van der Waals surface area contributed by atoms with Crippen molar-refractivity contribution in [3.8, 4) is 5.75 Å². The number of methoxy groups -OCH3 is 2. The van der Waals surface area contributed by atoms with E-state index in [1.807, 2.05) is 42.5 Å². The smallest absolute Gasteiger partial charge is 0.123 e. The summed E-state index contributed by atoms with van der Waals surface area (Å²) >= 11 is 6.06. The number of hydrogen-bond donors (Lipinski definition) is 1. The Morgan fingerprint density at radius 3 is 2.35 bits per heavy atom. The molecule has 2 rings (SSSR count). The van der Waals surface area contributed by atoms with Gasteiger partial charge in [-0.25, -0.2) is 0 Å². The Morgan fingerprint density at radius 1 is 1.05 bits per heavy atom. The van der Waals surface area contributed by atoms with Crippen LogP contribution < -0.4 is 10.5 Å². The van der Waals surface area contributed by atoms with Gasteiger partial charge in [-0.15, -0.1) is 0 Å². The van der Waals surface area contributed by atoms with Crippen LogP contribution in [0, 0.1) is 0 Å². The van der Waals surface area contributed by atoms with E-state index in [9.17, 15) is 0 Å². The number of halogens is 1. The lowest BCUT2D eigenvalue weighted by atomic mass is 9.95. The van der Waals surface area contributed by atoms with Crippen LogP contribution in [0.15, 0.2) is 48.5 Å². The maximum absolute atomic E-state index is 6.36. The lowest BCUT2D eigenvalue weighted by Gasteiger charge is -2.25. The summed E-state index contributed by atoms with van der Waals surface area (Å²) in [5, 5.41) is 0.624. The van der Waals surface area contributed by atoms with Crippen LogP contribution in [-0.2, 0) is 4.74 Å². The second-order valence-electron chi connectivity index (χ2n) is 4.48. The highest BCUT2D eigenvalue weighted by atomic mass is 35.5. The molecule has 2 aromatic rings. The van der Waals surface area contributed by atoms with Gasteiger partial charge in [-0.05, 0) is 23.8 Å². The van der Waals surface area contributed by atoms with E-state index in [-0.39, 0.29) is 12.1 Å². The van der Waals surface area contributed by atoms with Gasteiger partial charge in [0.2, 0.25) is 0 Å². The fourth-order valence-electron chi connectivity index (χ4n) is 2.26. The van der Waals surface area contributed by atoms with Crippen LogP contribution >= 0.6 is 11.6 Å². The Hall–Kier alpha value is -1.55. The number of hydrogen-bond acceptors (Lipinski definition) is 3. The van der Waals surface area contributed by atoms with Crippen LogP contribution in [0.3, 0.4) is 0 Å². The van der Waals surface area contributed by atoms with Crippen molar-refractivity contribution in [3.05, 3.63) is 64.7 Å². The van der Waals surface area contributed by atoms with Gasteiger partial charge in [0.25, 0.3) is 0 Å². The Balaban J connectivity index is 2.38. The van der Waals surface area contributed by atoms with E-state index in [1.54, 1.807) is 20.3 Å². The monoisotopic (exact) mass is 291 g/mol. The number of benzene rings is 2. The average Bonchev–Trinajstić information content (AvgIpc) is 2.49. The van der Waals surface area contributed by atoms with Gasteiger partial charge < -0.3 is 15.2 Å². The van der Waals surface area contributed by atoms with Crippen LogP contribution in [0.25, 0.3) is 0 Å². The SMILES string of the molecule is COc1ccc(Cl)cc1C(N)C(OC)c1ccccc1. The molecule has 2 aromatic carbocycles. The van der Waals surface area contributed by atoms with Crippen LogP contribution in [-0.4, -0.2) is 14.2 Å². The fourth-order valence-corrected chi connectivity index (χ4v) is 2.44. The molecule has 0 radical (unpaired) electrons. The summed E-state index contributed by atoms with van der Waals surface area (Å²) in [5.74, 6) is 0.708. The van der Waals surface area contributed by atoms with Crippen molar-refractivity contribution in [1.82, 2.24) is 0 Å². The average molecular weight is 292 g/mol. The van der Waals surface area contributed by atoms with Gasteiger partial charge in [-0.3, -0.25) is 0 Å². The molecule has 0 aliphatic carbocycles. The maximum Gasteiger partial charge on any atom is 0.123 e. The largest absolute Gasteiger partial charge is 0.496 e. The fraction of sp³-hybridized carbons (Fsp3) is 0.250. The lowest BCUT2D eigenvalue weighted by Crippen LogP contribution is -2.22. The van der Waals surface area contributed by atoms with E-state index in [0.29, 0.717) is 10.8 Å². The molecule has 0 aliphatic rings. The first kappa shape index (κ1) is 14.9. The molecule has 2 N–H and O–H groups in total. The highest BCUT2D eigenvalue weighted by Crippen LogP contribution is 2.35. The molecule has 20 heavy (non-hydrogen) atoms. The third kappa shape index (κ3) is 3.12. The summed E-state index contributed by atoms with van der Waals surface area (Å²) in [6.07, 6.45) is -0.261. The molecule has 0 saturated carbocycles. The minimum absolute atomic E-state index is 0.261. The van der Waals surface area contributed by atoms with Gasteiger partial charge in [0, 0.05) is 17.7 Å². The van der Waals surface area contributed by atoms with Crippen molar-refractivity contribution >= 4 is 11.6 Å². The molecule has 0 heterocycles. The minimum atomic E-state index is -0.365. The summed E-state index contributed by atoms with van der Waals surface area (Å²) in [4.78, 5) is 0. The third-order valence-electron chi connectivity index (χ3n) is 3.26. The zero-order valence-electron chi connectivity index (χ0n) is 11.5. The number of nitrogens with two attached hydrogens (primary N) is 1. The van der Waals surface area contributed by atoms with Crippen molar-refractivity contribution in [3.63, 3.8) is 0 Å². The highest BCUT2D eigenvalue weighted by molar-refractivity contribution is 6.30. The van der Waals surface area contributed by atoms with E-state index in [1.165, 1.54) is 0 Å². The van der Waals surface area contributed by atoms with Crippen LogP contribution in [0.2, 0.25) is 5.02 Å². The second kappa shape index (κ2) is 6.75. The quantitative estimate of drug-likeness (QED) is 0.913. The molecule has 0 aliphatic heterocycles. The molecular weight excluding hydrogens is 274 g/mol. The Kier molecular flexibility index (Phi) is 5.01. The van der Waals surface area contributed by atoms with E-state index in [2.05, 4.69) is 0 Å². The Labute approximate surface area is 124 Å². The first-order valence-electron chi connectivity index (χ1n) is 6.34. The van der Waals surface area contributed by atoms with Crippen molar-refractivity contribution in [2.45, 2.75) is 12.1 Å². The second-order valence-corrected chi connectivity index (χ2v) is 4.92. The Bertz CT molecular complexity index is 560. The lowest BCUT2D eigenvalue weighted by molar-refractivity contribution is 0.0794.